The van der Waals surface area contributed by atoms with Crippen molar-refractivity contribution < 1.29 is 4.42 Å². The van der Waals surface area contributed by atoms with Crippen LogP contribution < -0.4 is 0 Å². The summed E-state index contributed by atoms with van der Waals surface area (Å²) in [5.74, 6) is 1.39. The molecule has 0 fully saturated rings. The fraction of sp³-hybridized carbons (Fsp3) is 0. The molecule has 0 spiro atoms. The van der Waals surface area contributed by atoms with Crippen molar-refractivity contribution in [2.75, 3.05) is 0 Å². The van der Waals surface area contributed by atoms with Crippen LogP contribution in [0.25, 0.3) is 121 Å². The molecular formula is C48H26N4O. The van der Waals surface area contributed by atoms with Crippen LogP contribution in [0, 0.1) is 0 Å². The summed E-state index contributed by atoms with van der Waals surface area (Å²) in [6.07, 6.45) is 0. The molecular weight excluding hydrogens is 649 g/mol. The van der Waals surface area contributed by atoms with E-state index in [1.807, 2.05) is 18.2 Å². The van der Waals surface area contributed by atoms with E-state index in [1.54, 1.807) is 0 Å². The standard InChI is InChI=1S/C48H26N4O/c1-2-12-28-23-31(22-21-27(28)11-1)47-49-44-34-17-7-10-20-41(34)53-46(44)48(50-47)52-38-19-9-6-16-33(38)42-40(52)26-35-32-15-5-8-18-37(32)51-39-25-30-14-4-3-13-29(30)24-36(39)43(42)45(35)51/h1-26H. The van der Waals surface area contributed by atoms with Gasteiger partial charge in [0, 0.05) is 43.3 Å². The van der Waals surface area contributed by atoms with Crippen molar-refractivity contribution in [3.8, 4) is 17.2 Å². The number of nitrogens with zero attached hydrogens (tertiary/aromatic N) is 4. The Morgan fingerprint density at radius 1 is 0.434 bits per heavy atom. The molecule has 5 heteroatoms. The number of para-hydroxylation sites is 3. The van der Waals surface area contributed by atoms with Gasteiger partial charge in [-0.2, -0.15) is 0 Å². The van der Waals surface area contributed by atoms with Crippen LogP contribution in [0.15, 0.2) is 162 Å². The predicted octanol–water partition coefficient (Wildman–Crippen LogP) is 12.6. The largest absolute Gasteiger partial charge is 0.450 e. The Morgan fingerprint density at radius 3 is 1.96 bits per heavy atom. The summed E-state index contributed by atoms with van der Waals surface area (Å²) in [4.78, 5) is 10.7. The number of aromatic nitrogens is 4. The van der Waals surface area contributed by atoms with Crippen LogP contribution in [0.5, 0.6) is 0 Å². The normalized spacial score (nSPS) is 12.5. The van der Waals surface area contributed by atoms with Crippen LogP contribution in [0.4, 0.5) is 0 Å². The molecule has 0 saturated heterocycles. The van der Waals surface area contributed by atoms with Crippen LogP contribution in [-0.4, -0.2) is 18.9 Å². The van der Waals surface area contributed by atoms with E-state index in [9.17, 15) is 0 Å². The van der Waals surface area contributed by atoms with Gasteiger partial charge in [-0.3, -0.25) is 4.57 Å². The summed E-state index contributed by atoms with van der Waals surface area (Å²) in [5.41, 5.74) is 9.06. The van der Waals surface area contributed by atoms with Crippen LogP contribution >= 0.6 is 0 Å². The molecule has 0 unspecified atom stereocenters. The average molecular weight is 675 g/mol. The Balaban J connectivity index is 1.25. The molecule has 53 heavy (non-hydrogen) atoms. The van der Waals surface area contributed by atoms with Crippen molar-refractivity contribution in [2.24, 2.45) is 0 Å². The van der Waals surface area contributed by atoms with Gasteiger partial charge in [0.05, 0.1) is 27.6 Å². The predicted molar refractivity (Wildman–Crippen MR) is 219 cm³/mol. The lowest BCUT2D eigenvalue weighted by molar-refractivity contribution is 0.662. The highest BCUT2D eigenvalue weighted by Gasteiger charge is 2.27. The molecule has 13 rings (SSSR count). The van der Waals surface area contributed by atoms with Gasteiger partial charge in [-0.25, -0.2) is 9.97 Å². The molecule has 0 saturated carbocycles. The molecule has 0 aliphatic carbocycles. The fourth-order valence-corrected chi connectivity index (χ4v) is 9.11. The van der Waals surface area contributed by atoms with Gasteiger partial charge in [-0.1, -0.05) is 109 Å². The van der Waals surface area contributed by atoms with Crippen molar-refractivity contribution in [1.29, 1.82) is 0 Å². The minimum Gasteiger partial charge on any atom is -0.450 e. The van der Waals surface area contributed by atoms with Crippen LogP contribution in [0.3, 0.4) is 0 Å². The van der Waals surface area contributed by atoms with Crippen molar-refractivity contribution in [1.82, 2.24) is 18.9 Å². The SMILES string of the molecule is c1ccc2cc(-c3nc(-n4c5ccccc5c5c6c7cc8ccccc8cc7n7c8ccccc8c(cc54)c67)c4oc5ccccc5c4n3)ccc2c1. The molecule has 0 radical (unpaired) electrons. The molecule has 0 bridgehead atoms. The van der Waals surface area contributed by atoms with E-state index in [1.165, 1.54) is 65.0 Å². The molecule has 0 atom stereocenters. The summed E-state index contributed by atoms with van der Waals surface area (Å²) in [6, 6.07) is 56.4. The molecule has 244 valence electrons. The molecule has 0 aliphatic rings. The van der Waals surface area contributed by atoms with Gasteiger partial charge >= 0.3 is 0 Å². The summed E-state index contributed by atoms with van der Waals surface area (Å²) in [6.45, 7) is 0. The van der Waals surface area contributed by atoms with E-state index in [2.05, 4.69) is 148 Å². The fourth-order valence-electron chi connectivity index (χ4n) is 9.11. The third-order valence-corrected chi connectivity index (χ3v) is 11.4. The molecule has 0 amide bonds. The summed E-state index contributed by atoms with van der Waals surface area (Å²) in [5, 5.41) is 13.1. The Labute approximate surface area is 300 Å². The molecule has 5 heterocycles. The lowest BCUT2D eigenvalue weighted by atomic mass is 10.0. The Kier molecular flexibility index (Phi) is 5.06. The molecule has 5 aromatic heterocycles. The first-order valence-electron chi connectivity index (χ1n) is 18.0. The Hall–Kier alpha value is -7.24. The van der Waals surface area contributed by atoms with Crippen molar-refractivity contribution in [3.63, 3.8) is 0 Å². The molecule has 0 N–H and O–H groups in total. The van der Waals surface area contributed by atoms with Gasteiger partial charge in [0.15, 0.2) is 17.2 Å². The quantitative estimate of drug-likeness (QED) is 0.183. The summed E-state index contributed by atoms with van der Waals surface area (Å²) < 4.78 is 11.5. The topological polar surface area (TPSA) is 48.3 Å². The second-order valence-corrected chi connectivity index (χ2v) is 14.2. The first-order chi connectivity index (χ1) is 26.3. The first kappa shape index (κ1) is 27.5. The van der Waals surface area contributed by atoms with E-state index >= 15 is 0 Å². The third-order valence-electron chi connectivity index (χ3n) is 11.4. The minimum atomic E-state index is 0.662. The van der Waals surface area contributed by atoms with Crippen molar-refractivity contribution >= 4 is 104 Å². The summed E-state index contributed by atoms with van der Waals surface area (Å²) >= 11 is 0. The maximum Gasteiger partial charge on any atom is 0.197 e. The average Bonchev–Trinajstić information content (AvgIpc) is 3.94. The highest BCUT2D eigenvalue weighted by Crippen LogP contribution is 2.48. The number of hydrogen-bond donors (Lipinski definition) is 0. The molecule has 13 aromatic rings. The van der Waals surface area contributed by atoms with Gasteiger partial charge in [0.2, 0.25) is 0 Å². The van der Waals surface area contributed by atoms with Gasteiger partial charge in [0.1, 0.15) is 11.1 Å². The van der Waals surface area contributed by atoms with Crippen LogP contribution in [0.2, 0.25) is 0 Å². The number of hydrogen-bond acceptors (Lipinski definition) is 3. The summed E-state index contributed by atoms with van der Waals surface area (Å²) in [7, 11) is 0. The first-order valence-corrected chi connectivity index (χ1v) is 18.0. The molecule has 5 nitrogen and oxygen atoms in total. The lowest BCUT2D eigenvalue weighted by Crippen LogP contribution is -2.02. The zero-order valence-electron chi connectivity index (χ0n) is 28.2. The van der Waals surface area contributed by atoms with E-state index in [0.717, 1.165) is 44.3 Å². The smallest absolute Gasteiger partial charge is 0.197 e. The third kappa shape index (κ3) is 3.51. The van der Waals surface area contributed by atoms with Gasteiger partial charge in [-0.05, 0) is 70.1 Å². The van der Waals surface area contributed by atoms with Gasteiger partial charge in [-0.15, -0.1) is 0 Å². The van der Waals surface area contributed by atoms with E-state index < -0.39 is 0 Å². The van der Waals surface area contributed by atoms with Gasteiger partial charge in [0.25, 0.3) is 0 Å². The maximum absolute atomic E-state index is 6.73. The molecule has 0 aliphatic heterocycles. The Morgan fingerprint density at radius 2 is 1.11 bits per heavy atom. The van der Waals surface area contributed by atoms with E-state index in [0.29, 0.717) is 11.4 Å². The highest BCUT2D eigenvalue weighted by atomic mass is 16.3. The maximum atomic E-state index is 6.73. The zero-order valence-corrected chi connectivity index (χ0v) is 28.2. The van der Waals surface area contributed by atoms with Crippen molar-refractivity contribution in [2.45, 2.75) is 0 Å². The zero-order chi connectivity index (χ0) is 34.4. The lowest BCUT2D eigenvalue weighted by Gasteiger charge is -2.11. The second kappa shape index (κ2) is 9.75. The molecule has 8 aromatic carbocycles. The number of benzene rings is 8. The monoisotopic (exact) mass is 674 g/mol. The minimum absolute atomic E-state index is 0.662. The number of fused-ring (bicyclic) bond motifs is 15. The van der Waals surface area contributed by atoms with E-state index in [4.69, 9.17) is 14.4 Å². The van der Waals surface area contributed by atoms with Crippen LogP contribution in [-0.2, 0) is 0 Å². The highest BCUT2D eigenvalue weighted by molar-refractivity contribution is 6.36. The Bertz CT molecular complexity index is 3700. The second-order valence-electron chi connectivity index (χ2n) is 14.2. The van der Waals surface area contributed by atoms with Crippen LogP contribution in [0.1, 0.15) is 0 Å². The van der Waals surface area contributed by atoms with Gasteiger partial charge < -0.3 is 8.82 Å². The van der Waals surface area contributed by atoms with Crippen molar-refractivity contribution in [3.05, 3.63) is 158 Å². The van der Waals surface area contributed by atoms with E-state index in [-0.39, 0.29) is 0 Å². The number of rotatable bonds is 2. The number of furan rings is 1.